The Hall–Kier alpha value is -3.81. The highest BCUT2D eigenvalue weighted by molar-refractivity contribution is 6.11. The van der Waals surface area contributed by atoms with Crippen molar-refractivity contribution in [1.82, 2.24) is 15.0 Å². The minimum atomic E-state index is -0.706. The van der Waals surface area contributed by atoms with Gasteiger partial charge in [-0.2, -0.15) is 0 Å². The maximum Gasteiger partial charge on any atom is 0.306 e. The zero-order valence-electron chi connectivity index (χ0n) is 19.3. The molecule has 176 valence electrons. The number of hydrogen-bond donors (Lipinski definition) is 3. The van der Waals surface area contributed by atoms with Crippen molar-refractivity contribution >= 4 is 33.7 Å². The van der Waals surface area contributed by atoms with Crippen molar-refractivity contribution in [3.63, 3.8) is 0 Å². The predicted molar refractivity (Wildman–Crippen MR) is 131 cm³/mol. The first-order valence-corrected chi connectivity index (χ1v) is 11.5. The van der Waals surface area contributed by atoms with Gasteiger partial charge in [0.05, 0.1) is 25.5 Å². The molecule has 0 atom stereocenters. The van der Waals surface area contributed by atoms with Crippen LogP contribution in [-0.4, -0.2) is 40.2 Å². The van der Waals surface area contributed by atoms with E-state index in [4.69, 9.17) is 19.4 Å². The molecule has 2 aromatic carbocycles. The number of methoxy groups -OCH3 is 2. The van der Waals surface area contributed by atoms with Gasteiger partial charge in [0.1, 0.15) is 17.3 Å². The number of aromatic amines is 1. The van der Waals surface area contributed by atoms with Crippen molar-refractivity contribution in [2.24, 2.45) is 5.92 Å². The summed E-state index contributed by atoms with van der Waals surface area (Å²) in [6.07, 6.45) is 2.86. The van der Waals surface area contributed by atoms with Gasteiger partial charge in [-0.15, -0.1) is 0 Å². The number of rotatable bonds is 7. The predicted octanol–water partition coefficient (Wildman–Crippen LogP) is 5.10. The summed E-state index contributed by atoms with van der Waals surface area (Å²) in [5.74, 6) is 2.07. The van der Waals surface area contributed by atoms with Crippen LogP contribution >= 0.6 is 0 Å². The number of H-pyrrole nitrogens is 1. The minimum absolute atomic E-state index is 0.146. The molecule has 0 bridgehead atoms. The van der Waals surface area contributed by atoms with Crippen LogP contribution in [0.25, 0.3) is 21.9 Å². The average Bonchev–Trinajstić information content (AvgIpc) is 3.25. The standard InChI is InChI=1S/C26H28N4O4/c1-33-20-12-7-15(13-21(20)34-2)14-27-24-22-18-5-3-4-6-19(18)28-25(22)30-23(29-24)16-8-10-17(11-9-16)26(31)32/h3-7,12-13,16-17H,8-11,14H2,1-2H3,(H,31,32)(H2,27,28,29,30). The summed E-state index contributed by atoms with van der Waals surface area (Å²) in [5.41, 5.74) is 2.84. The Morgan fingerprint density at radius 3 is 2.56 bits per heavy atom. The van der Waals surface area contributed by atoms with Crippen molar-refractivity contribution in [3.8, 4) is 11.5 Å². The first kappa shape index (κ1) is 22.0. The first-order chi connectivity index (χ1) is 16.6. The fraction of sp³-hybridized carbons (Fsp3) is 0.346. The average molecular weight is 461 g/mol. The second-order valence-electron chi connectivity index (χ2n) is 8.75. The van der Waals surface area contributed by atoms with E-state index < -0.39 is 5.97 Å². The Kier molecular flexibility index (Phi) is 5.96. The van der Waals surface area contributed by atoms with E-state index in [1.54, 1.807) is 14.2 Å². The summed E-state index contributed by atoms with van der Waals surface area (Å²) in [6, 6.07) is 13.9. The number of carboxylic acid groups (broad SMARTS) is 1. The number of benzene rings is 2. The van der Waals surface area contributed by atoms with Crippen molar-refractivity contribution in [2.45, 2.75) is 38.1 Å². The summed E-state index contributed by atoms with van der Waals surface area (Å²) >= 11 is 0. The largest absolute Gasteiger partial charge is 0.493 e. The van der Waals surface area contributed by atoms with Crippen molar-refractivity contribution in [3.05, 3.63) is 53.9 Å². The summed E-state index contributed by atoms with van der Waals surface area (Å²) in [6.45, 7) is 0.553. The second-order valence-corrected chi connectivity index (χ2v) is 8.75. The van der Waals surface area contributed by atoms with Gasteiger partial charge in [-0.3, -0.25) is 4.79 Å². The molecule has 0 spiro atoms. The van der Waals surface area contributed by atoms with Gasteiger partial charge in [0.25, 0.3) is 0 Å². The molecule has 0 unspecified atom stereocenters. The molecule has 8 heteroatoms. The Bertz CT molecular complexity index is 1340. The maximum absolute atomic E-state index is 11.4. The lowest BCUT2D eigenvalue weighted by atomic mass is 9.81. The highest BCUT2D eigenvalue weighted by Gasteiger charge is 2.29. The molecule has 3 N–H and O–H groups in total. The van der Waals surface area contributed by atoms with Crippen LogP contribution in [0.2, 0.25) is 0 Å². The van der Waals surface area contributed by atoms with Crippen LogP contribution in [0.3, 0.4) is 0 Å². The molecule has 2 heterocycles. The van der Waals surface area contributed by atoms with Gasteiger partial charge in [0, 0.05) is 23.4 Å². The van der Waals surface area contributed by atoms with E-state index in [1.807, 2.05) is 36.4 Å². The van der Waals surface area contributed by atoms with Crippen LogP contribution in [0, 0.1) is 5.92 Å². The Morgan fingerprint density at radius 2 is 1.82 bits per heavy atom. The number of aliphatic carboxylic acids is 1. The Morgan fingerprint density at radius 1 is 1.06 bits per heavy atom. The number of nitrogens with one attached hydrogen (secondary N) is 2. The Balaban J connectivity index is 1.49. The summed E-state index contributed by atoms with van der Waals surface area (Å²) in [4.78, 5) is 24.6. The number of para-hydroxylation sites is 1. The molecule has 1 fully saturated rings. The lowest BCUT2D eigenvalue weighted by Crippen LogP contribution is -2.21. The molecule has 5 rings (SSSR count). The molecule has 34 heavy (non-hydrogen) atoms. The third-order valence-electron chi connectivity index (χ3n) is 6.73. The molecular weight excluding hydrogens is 432 g/mol. The summed E-state index contributed by atoms with van der Waals surface area (Å²) < 4.78 is 10.8. The molecule has 1 aliphatic carbocycles. The molecular formula is C26H28N4O4. The lowest BCUT2D eigenvalue weighted by Gasteiger charge is -2.25. The van der Waals surface area contributed by atoms with Gasteiger partial charge in [-0.05, 0) is 49.4 Å². The fourth-order valence-corrected chi connectivity index (χ4v) is 4.85. The maximum atomic E-state index is 11.4. The summed E-state index contributed by atoms with van der Waals surface area (Å²) in [7, 11) is 3.25. The highest BCUT2D eigenvalue weighted by Crippen LogP contribution is 2.37. The van der Waals surface area contributed by atoms with E-state index in [2.05, 4.69) is 16.4 Å². The van der Waals surface area contributed by atoms with Gasteiger partial charge in [-0.25, -0.2) is 9.97 Å². The van der Waals surface area contributed by atoms with Gasteiger partial charge in [0.15, 0.2) is 11.5 Å². The van der Waals surface area contributed by atoms with E-state index in [0.29, 0.717) is 30.9 Å². The third kappa shape index (κ3) is 4.11. The normalized spacial score (nSPS) is 18.2. The van der Waals surface area contributed by atoms with Crippen LogP contribution in [0.1, 0.15) is 43.0 Å². The number of hydrogen-bond acceptors (Lipinski definition) is 6. The molecule has 0 amide bonds. The van der Waals surface area contributed by atoms with Crippen molar-refractivity contribution in [2.75, 3.05) is 19.5 Å². The smallest absolute Gasteiger partial charge is 0.306 e. The number of fused-ring (bicyclic) bond motifs is 3. The number of aromatic nitrogens is 3. The SMILES string of the molecule is COc1ccc(CNc2nc(C3CCC(C(=O)O)CC3)nc3[nH]c4ccccc4c23)cc1OC. The summed E-state index contributed by atoms with van der Waals surface area (Å²) in [5, 5.41) is 14.9. The van der Waals surface area contributed by atoms with E-state index in [0.717, 1.165) is 52.0 Å². The monoisotopic (exact) mass is 460 g/mol. The van der Waals surface area contributed by atoms with Gasteiger partial charge >= 0.3 is 5.97 Å². The number of anilines is 1. The number of ether oxygens (including phenoxy) is 2. The zero-order chi connectivity index (χ0) is 23.7. The quantitative estimate of drug-likeness (QED) is 0.352. The third-order valence-corrected chi connectivity index (χ3v) is 6.73. The molecule has 0 aliphatic heterocycles. The molecule has 0 radical (unpaired) electrons. The molecule has 0 saturated heterocycles. The molecule has 1 aliphatic rings. The lowest BCUT2D eigenvalue weighted by molar-refractivity contribution is -0.142. The van der Waals surface area contributed by atoms with Crippen LogP contribution in [-0.2, 0) is 11.3 Å². The van der Waals surface area contributed by atoms with Crippen LogP contribution < -0.4 is 14.8 Å². The van der Waals surface area contributed by atoms with E-state index in [-0.39, 0.29) is 11.8 Å². The minimum Gasteiger partial charge on any atom is -0.493 e. The molecule has 4 aromatic rings. The number of carbonyl (C=O) groups is 1. The van der Waals surface area contributed by atoms with Gasteiger partial charge in [0.2, 0.25) is 0 Å². The molecule has 8 nitrogen and oxygen atoms in total. The topological polar surface area (TPSA) is 109 Å². The van der Waals surface area contributed by atoms with E-state index >= 15 is 0 Å². The van der Waals surface area contributed by atoms with Crippen molar-refractivity contribution in [1.29, 1.82) is 0 Å². The first-order valence-electron chi connectivity index (χ1n) is 11.5. The van der Waals surface area contributed by atoms with Gasteiger partial charge in [-0.1, -0.05) is 24.3 Å². The number of carboxylic acids is 1. The molecule has 1 saturated carbocycles. The Labute approximate surface area is 197 Å². The van der Waals surface area contributed by atoms with Crippen LogP contribution in [0.4, 0.5) is 5.82 Å². The number of nitrogens with zero attached hydrogens (tertiary/aromatic N) is 2. The van der Waals surface area contributed by atoms with Crippen LogP contribution in [0.5, 0.6) is 11.5 Å². The highest BCUT2D eigenvalue weighted by atomic mass is 16.5. The van der Waals surface area contributed by atoms with E-state index in [9.17, 15) is 9.90 Å². The van der Waals surface area contributed by atoms with Crippen molar-refractivity contribution < 1.29 is 19.4 Å². The van der Waals surface area contributed by atoms with E-state index in [1.165, 1.54) is 0 Å². The second kappa shape index (κ2) is 9.21. The fourth-order valence-electron chi connectivity index (χ4n) is 4.85. The molecule has 2 aromatic heterocycles. The zero-order valence-corrected chi connectivity index (χ0v) is 19.3. The van der Waals surface area contributed by atoms with Crippen LogP contribution in [0.15, 0.2) is 42.5 Å². The van der Waals surface area contributed by atoms with Gasteiger partial charge < -0.3 is 24.9 Å².